The maximum Gasteiger partial charge on any atom is 0.0696 e. The number of ether oxygens (including phenoxy) is 1. The summed E-state index contributed by atoms with van der Waals surface area (Å²) in [4.78, 5) is 0. The summed E-state index contributed by atoms with van der Waals surface area (Å²) in [5.41, 5.74) is 0. The van der Waals surface area contributed by atoms with Gasteiger partial charge in [0.2, 0.25) is 0 Å². The molecule has 14 heavy (non-hydrogen) atoms. The van der Waals surface area contributed by atoms with Crippen LogP contribution >= 0.6 is 22.6 Å². The average molecular weight is 308 g/mol. The average Bonchev–Trinajstić information content (AvgIpc) is 2.56. The highest BCUT2D eigenvalue weighted by Crippen LogP contribution is 2.33. The van der Waals surface area contributed by atoms with Crippen molar-refractivity contribution in [1.82, 2.24) is 0 Å². The van der Waals surface area contributed by atoms with Crippen molar-refractivity contribution in [3.05, 3.63) is 0 Å². The molecule has 0 aromatic heterocycles. The molecule has 2 heteroatoms. The fraction of sp³-hybridized carbons (Fsp3) is 1.00. The molecule has 0 aromatic carbocycles. The molecule has 0 saturated heterocycles. The Morgan fingerprint density at radius 1 is 1.00 bits per heavy atom. The van der Waals surface area contributed by atoms with Crippen LogP contribution in [0.2, 0.25) is 0 Å². The first-order valence-electron chi connectivity index (χ1n) is 6.05. The minimum absolute atomic E-state index is 0.578. The second-order valence-corrected chi connectivity index (χ2v) is 6.60. The Bertz CT molecular complexity index is 175. The molecule has 0 aliphatic heterocycles. The minimum Gasteiger partial charge on any atom is -0.374 e. The topological polar surface area (TPSA) is 9.23 Å². The first kappa shape index (κ1) is 11.2. The van der Waals surface area contributed by atoms with Crippen LogP contribution in [0.3, 0.4) is 0 Å². The predicted octanol–water partition coefficient (Wildman–Crippen LogP) is 3.94. The van der Waals surface area contributed by atoms with E-state index in [-0.39, 0.29) is 0 Å². The number of rotatable bonds is 2. The highest BCUT2D eigenvalue weighted by molar-refractivity contribution is 14.1. The third-order valence-corrected chi connectivity index (χ3v) is 5.13. The Labute approximate surface area is 101 Å². The molecule has 0 spiro atoms. The van der Waals surface area contributed by atoms with E-state index >= 15 is 0 Å². The van der Waals surface area contributed by atoms with Gasteiger partial charge in [-0.2, -0.15) is 0 Å². The Kier molecular flexibility index (Phi) is 4.11. The maximum absolute atomic E-state index is 6.21. The van der Waals surface area contributed by atoms with Gasteiger partial charge in [-0.3, -0.25) is 0 Å². The van der Waals surface area contributed by atoms with Gasteiger partial charge in [0.15, 0.2) is 0 Å². The Morgan fingerprint density at radius 2 is 1.71 bits per heavy atom. The van der Waals surface area contributed by atoms with E-state index in [0.717, 1.165) is 9.84 Å². The minimum atomic E-state index is 0.578. The van der Waals surface area contributed by atoms with E-state index in [1.54, 1.807) is 0 Å². The summed E-state index contributed by atoms with van der Waals surface area (Å²) in [6.07, 6.45) is 10.6. The first-order chi connectivity index (χ1) is 6.75. The van der Waals surface area contributed by atoms with Gasteiger partial charge in [0.25, 0.3) is 0 Å². The molecule has 2 unspecified atom stereocenters. The number of hydrogen-bond donors (Lipinski definition) is 0. The maximum atomic E-state index is 6.21. The summed E-state index contributed by atoms with van der Waals surface area (Å²) in [7, 11) is 0. The van der Waals surface area contributed by atoms with Crippen molar-refractivity contribution in [2.45, 2.75) is 68.0 Å². The fourth-order valence-electron chi connectivity index (χ4n) is 2.65. The third-order valence-electron chi connectivity index (χ3n) is 3.70. The van der Waals surface area contributed by atoms with Crippen molar-refractivity contribution in [2.75, 3.05) is 0 Å². The van der Waals surface area contributed by atoms with E-state index in [2.05, 4.69) is 29.5 Å². The van der Waals surface area contributed by atoms with Crippen molar-refractivity contribution < 1.29 is 4.74 Å². The molecular weight excluding hydrogens is 287 g/mol. The fourth-order valence-corrected chi connectivity index (χ4v) is 3.62. The van der Waals surface area contributed by atoms with Crippen LogP contribution in [0.5, 0.6) is 0 Å². The van der Waals surface area contributed by atoms with E-state index in [1.165, 1.54) is 44.9 Å². The van der Waals surface area contributed by atoms with E-state index in [0.29, 0.717) is 12.2 Å². The van der Waals surface area contributed by atoms with Crippen LogP contribution in [-0.4, -0.2) is 16.1 Å². The summed E-state index contributed by atoms with van der Waals surface area (Å²) in [6.45, 7) is 2.37. The molecule has 1 nitrogen and oxygen atoms in total. The monoisotopic (exact) mass is 308 g/mol. The van der Waals surface area contributed by atoms with Gasteiger partial charge in [0, 0.05) is 3.92 Å². The molecule has 0 aromatic rings. The van der Waals surface area contributed by atoms with Crippen molar-refractivity contribution in [2.24, 2.45) is 5.92 Å². The molecule has 0 heterocycles. The van der Waals surface area contributed by atoms with Gasteiger partial charge in [-0.25, -0.2) is 0 Å². The van der Waals surface area contributed by atoms with E-state index in [4.69, 9.17) is 4.74 Å². The lowest BCUT2D eigenvalue weighted by molar-refractivity contribution is -0.0277. The zero-order valence-corrected chi connectivity index (χ0v) is 11.2. The van der Waals surface area contributed by atoms with Crippen molar-refractivity contribution in [3.8, 4) is 0 Å². The smallest absolute Gasteiger partial charge is 0.0696 e. The number of hydrogen-bond acceptors (Lipinski definition) is 1. The van der Waals surface area contributed by atoms with Crippen LogP contribution in [0.25, 0.3) is 0 Å². The van der Waals surface area contributed by atoms with Gasteiger partial charge in [-0.05, 0) is 50.9 Å². The number of halogens is 1. The SMILES string of the molecule is CC1CCC(OC2CCCC2I)CC1. The molecule has 0 radical (unpaired) electrons. The molecule has 0 amide bonds. The lowest BCUT2D eigenvalue weighted by Crippen LogP contribution is -2.28. The summed E-state index contributed by atoms with van der Waals surface area (Å²) >= 11 is 2.57. The van der Waals surface area contributed by atoms with Crippen molar-refractivity contribution in [1.29, 1.82) is 0 Å². The third kappa shape index (κ3) is 2.84. The lowest BCUT2D eigenvalue weighted by atomic mass is 9.89. The van der Waals surface area contributed by atoms with E-state index in [9.17, 15) is 0 Å². The molecular formula is C12H21IO. The van der Waals surface area contributed by atoms with E-state index < -0.39 is 0 Å². The van der Waals surface area contributed by atoms with Gasteiger partial charge in [-0.1, -0.05) is 29.5 Å². The standard InChI is InChI=1S/C12H21IO/c1-9-5-7-10(8-6-9)14-12-4-2-3-11(12)13/h9-12H,2-8H2,1H3. The van der Waals surface area contributed by atoms with Crippen LogP contribution in [0, 0.1) is 5.92 Å². The Hall–Kier alpha value is 0.690. The van der Waals surface area contributed by atoms with Gasteiger partial charge in [0.1, 0.15) is 0 Å². The normalized spacial score (nSPS) is 44.1. The van der Waals surface area contributed by atoms with Crippen molar-refractivity contribution >= 4 is 22.6 Å². The molecule has 2 aliphatic rings. The second-order valence-electron chi connectivity index (χ2n) is 5.00. The summed E-state index contributed by atoms with van der Waals surface area (Å²) in [5.74, 6) is 0.939. The van der Waals surface area contributed by atoms with Gasteiger partial charge < -0.3 is 4.74 Å². The van der Waals surface area contributed by atoms with Gasteiger partial charge in [-0.15, -0.1) is 0 Å². The van der Waals surface area contributed by atoms with Gasteiger partial charge >= 0.3 is 0 Å². The molecule has 2 rings (SSSR count). The van der Waals surface area contributed by atoms with Crippen LogP contribution in [0.4, 0.5) is 0 Å². The molecule has 82 valence electrons. The largest absolute Gasteiger partial charge is 0.374 e. The quantitative estimate of drug-likeness (QED) is 0.554. The summed E-state index contributed by atoms with van der Waals surface area (Å²) in [5, 5.41) is 0. The Morgan fingerprint density at radius 3 is 2.29 bits per heavy atom. The number of alkyl halides is 1. The predicted molar refractivity (Wildman–Crippen MR) is 68.0 cm³/mol. The van der Waals surface area contributed by atoms with Crippen LogP contribution in [0.15, 0.2) is 0 Å². The van der Waals surface area contributed by atoms with Crippen LogP contribution in [0.1, 0.15) is 51.9 Å². The summed E-state index contributed by atoms with van der Waals surface area (Å²) < 4.78 is 6.99. The second kappa shape index (κ2) is 5.15. The molecule has 2 atom stereocenters. The van der Waals surface area contributed by atoms with E-state index in [1.807, 2.05) is 0 Å². The lowest BCUT2D eigenvalue weighted by Gasteiger charge is -2.29. The molecule has 0 N–H and O–H groups in total. The molecule has 2 fully saturated rings. The highest BCUT2D eigenvalue weighted by atomic mass is 127. The van der Waals surface area contributed by atoms with Crippen LogP contribution < -0.4 is 0 Å². The molecule has 0 bridgehead atoms. The zero-order valence-electron chi connectivity index (χ0n) is 9.05. The van der Waals surface area contributed by atoms with Gasteiger partial charge in [0.05, 0.1) is 12.2 Å². The Balaban J connectivity index is 1.74. The first-order valence-corrected chi connectivity index (χ1v) is 7.30. The zero-order chi connectivity index (χ0) is 9.97. The van der Waals surface area contributed by atoms with Crippen LogP contribution in [-0.2, 0) is 4.74 Å². The molecule has 2 aliphatic carbocycles. The summed E-state index contributed by atoms with van der Waals surface area (Å²) in [6, 6.07) is 0. The molecule has 2 saturated carbocycles. The highest BCUT2D eigenvalue weighted by Gasteiger charge is 2.29. The van der Waals surface area contributed by atoms with Crippen molar-refractivity contribution in [3.63, 3.8) is 0 Å².